The predicted octanol–water partition coefficient (Wildman–Crippen LogP) is 5.39. The molecule has 0 saturated carbocycles. The van der Waals surface area contributed by atoms with E-state index in [1.165, 1.54) is 16.0 Å². The fraction of sp³-hybridized carbons (Fsp3) is 0.111. The molecule has 21 heavy (non-hydrogen) atoms. The maximum absolute atomic E-state index is 3.67. The summed E-state index contributed by atoms with van der Waals surface area (Å²) in [4.78, 5) is 1.33. The Labute approximate surface area is 137 Å². The summed E-state index contributed by atoms with van der Waals surface area (Å²) < 4.78 is 1.15. The quantitative estimate of drug-likeness (QED) is 0.645. The third-order valence-corrected chi connectivity index (χ3v) is 5.07. The summed E-state index contributed by atoms with van der Waals surface area (Å²) in [7, 11) is 0. The Bertz CT molecular complexity index is 639. The average Bonchev–Trinajstić information content (AvgIpc) is 2.95. The van der Waals surface area contributed by atoms with Crippen molar-refractivity contribution in [1.82, 2.24) is 5.32 Å². The average molecular weight is 358 g/mol. The van der Waals surface area contributed by atoms with Gasteiger partial charge in [-0.25, -0.2) is 0 Å². The van der Waals surface area contributed by atoms with Gasteiger partial charge in [-0.1, -0.05) is 60.7 Å². The van der Waals surface area contributed by atoms with Gasteiger partial charge in [0.15, 0.2) is 0 Å². The van der Waals surface area contributed by atoms with Crippen LogP contribution in [0.25, 0.3) is 0 Å². The lowest BCUT2D eigenvalue weighted by Crippen LogP contribution is -2.21. The van der Waals surface area contributed by atoms with Crippen LogP contribution in [0.15, 0.2) is 76.6 Å². The fourth-order valence-corrected chi connectivity index (χ4v) is 3.77. The van der Waals surface area contributed by atoms with Crippen molar-refractivity contribution < 1.29 is 0 Å². The molecule has 3 rings (SSSR count). The lowest BCUT2D eigenvalue weighted by Gasteiger charge is -2.19. The lowest BCUT2D eigenvalue weighted by molar-refractivity contribution is 0.610. The molecule has 1 heterocycles. The van der Waals surface area contributed by atoms with E-state index < -0.39 is 0 Å². The SMILES string of the molecule is Brc1csc(CNC(c2ccccc2)c2ccccc2)c1. The molecule has 0 saturated heterocycles. The molecule has 2 aromatic carbocycles. The molecule has 0 unspecified atom stereocenters. The van der Waals surface area contributed by atoms with E-state index in [1.54, 1.807) is 11.3 Å². The molecule has 106 valence electrons. The van der Waals surface area contributed by atoms with Gasteiger partial charge in [0.1, 0.15) is 0 Å². The number of thiophene rings is 1. The molecule has 1 N–H and O–H groups in total. The standard InChI is InChI=1S/C18H16BrNS/c19-16-11-17(21-13-16)12-20-18(14-7-3-1-4-8-14)15-9-5-2-6-10-15/h1-11,13,18,20H,12H2. The second kappa shape index (κ2) is 7.03. The highest BCUT2D eigenvalue weighted by Gasteiger charge is 2.13. The molecule has 0 atom stereocenters. The van der Waals surface area contributed by atoms with Crippen molar-refractivity contribution in [2.24, 2.45) is 0 Å². The van der Waals surface area contributed by atoms with Crippen molar-refractivity contribution in [3.05, 3.63) is 92.6 Å². The minimum absolute atomic E-state index is 0.216. The van der Waals surface area contributed by atoms with Crippen molar-refractivity contribution in [2.45, 2.75) is 12.6 Å². The molecule has 0 radical (unpaired) electrons. The van der Waals surface area contributed by atoms with Crippen LogP contribution >= 0.6 is 27.3 Å². The van der Waals surface area contributed by atoms with Crippen LogP contribution < -0.4 is 5.32 Å². The van der Waals surface area contributed by atoms with Gasteiger partial charge in [-0.15, -0.1) is 11.3 Å². The summed E-state index contributed by atoms with van der Waals surface area (Å²) in [6, 6.07) is 23.6. The van der Waals surface area contributed by atoms with E-state index in [4.69, 9.17) is 0 Å². The molecule has 1 aromatic heterocycles. The zero-order chi connectivity index (χ0) is 14.5. The predicted molar refractivity (Wildman–Crippen MR) is 93.6 cm³/mol. The van der Waals surface area contributed by atoms with Crippen LogP contribution in [0.3, 0.4) is 0 Å². The van der Waals surface area contributed by atoms with E-state index in [0.29, 0.717) is 0 Å². The van der Waals surface area contributed by atoms with E-state index in [2.05, 4.69) is 93.4 Å². The van der Waals surface area contributed by atoms with Crippen molar-refractivity contribution in [3.8, 4) is 0 Å². The van der Waals surface area contributed by atoms with Crippen LogP contribution in [-0.4, -0.2) is 0 Å². The van der Waals surface area contributed by atoms with E-state index in [0.717, 1.165) is 11.0 Å². The first kappa shape index (κ1) is 14.5. The zero-order valence-electron chi connectivity index (χ0n) is 11.5. The Kier molecular flexibility index (Phi) is 4.86. The maximum atomic E-state index is 3.67. The molecule has 1 nitrogen and oxygen atoms in total. The van der Waals surface area contributed by atoms with Crippen LogP contribution in [0, 0.1) is 0 Å². The van der Waals surface area contributed by atoms with E-state index in [-0.39, 0.29) is 6.04 Å². The Morgan fingerprint density at radius 1 is 0.905 bits per heavy atom. The van der Waals surface area contributed by atoms with Gasteiger partial charge in [0, 0.05) is 21.3 Å². The molecular weight excluding hydrogens is 342 g/mol. The second-order valence-corrected chi connectivity index (χ2v) is 6.78. The maximum Gasteiger partial charge on any atom is 0.0579 e. The first-order valence-corrected chi connectivity index (χ1v) is 8.56. The fourth-order valence-electron chi connectivity index (χ4n) is 2.37. The van der Waals surface area contributed by atoms with E-state index in [1.807, 2.05) is 0 Å². The third kappa shape index (κ3) is 3.82. The molecule has 0 bridgehead atoms. The molecule has 0 amide bonds. The topological polar surface area (TPSA) is 12.0 Å². The molecule has 0 fully saturated rings. The Balaban J connectivity index is 1.83. The summed E-state index contributed by atoms with van der Waals surface area (Å²) in [6.07, 6.45) is 0. The van der Waals surface area contributed by atoms with E-state index in [9.17, 15) is 0 Å². The van der Waals surface area contributed by atoms with Crippen LogP contribution in [0.1, 0.15) is 22.0 Å². The smallest absolute Gasteiger partial charge is 0.0579 e. The second-order valence-electron chi connectivity index (χ2n) is 4.87. The summed E-state index contributed by atoms with van der Waals surface area (Å²) in [5, 5.41) is 5.79. The minimum Gasteiger partial charge on any atom is -0.301 e. The molecule has 3 aromatic rings. The highest BCUT2D eigenvalue weighted by molar-refractivity contribution is 9.10. The van der Waals surface area contributed by atoms with Crippen LogP contribution in [0.4, 0.5) is 0 Å². The van der Waals surface area contributed by atoms with Gasteiger partial charge in [-0.2, -0.15) is 0 Å². The van der Waals surface area contributed by atoms with Crippen molar-refractivity contribution in [2.75, 3.05) is 0 Å². The summed E-state index contributed by atoms with van der Waals surface area (Å²) in [5.74, 6) is 0. The number of benzene rings is 2. The Hall–Kier alpha value is -1.42. The van der Waals surface area contributed by atoms with Gasteiger partial charge in [-0.3, -0.25) is 0 Å². The van der Waals surface area contributed by atoms with Gasteiger partial charge in [-0.05, 0) is 33.1 Å². The molecule has 0 spiro atoms. The third-order valence-electron chi connectivity index (χ3n) is 3.37. The largest absolute Gasteiger partial charge is 0.301 e. The van der Waals surface area contributed by atoms with Crippen LogP contribution in [0.5, 0.6) is 0 Å². The first-order valence-electron chi connectivity index (χ1n) is 6.89. The molecule has 0 aliphatic carbocycles. The molecule has 3 heteroatoms. The Morgan fingerprint density at radius 3 is 1.95 bits per heavy atom. The molecule has 0 aliphatic rings. The monoisotopic (exact) mass is 357 g/mol. The highest BCUT2D eigenvalue weighted by atomic mass is 79.9. The first-order chi connectivity index (χ1) is 10.3. The van der Waals surface area contributed by atoms with Crippen LogP contribution in [-0.2, 0) is 6.54 Å². The van der Waals surface area contributed by atoms with Crippen molar-refractivity contribution >= 4 is 27.3 Å². The number of hydrogen-bond acceptors (Lipinski definition) is 2. The number of rotatable bonds is 5. The van der Waals surface area contributed by atoms with Gasteiger partial charge in [0.25, 0.3) is 0 Å². The van der Waals surface area contributed by atoms with Crippen molar-refractivity contribution in [1.29, 1.82) is 0 Å². The zero-order valence-corrected chi connectivity index (χ0v) is 13.9. The normalized spacial score (nSPS) is 11.0. The molecular formula is C18H16BrNS. The van der Waals surface area contributed by atoms with Gasteiger partial charge < -0.3 is 5.32 Å². The minimum atomic E-state index is 0.216. The summed E-state index contributed by atoms with van der Waals surface area (Å²) in [5.41, 5.74) is 2.58. The molecule has 0 aliphatic heterocycles. The van der Waals surface area contributed by atoms with Gasteiger partial charge in [0.05, 0.1) is 6.04 Å². The summed E-state index contributed by atoms with van der Waals surface area (Å²) >= 11 is 5.28. The van der Waals surface area contributed by atoms with Gasteiger partial charge in [0.2, 0.25) is 0 Å². The Morgan fingerprint density at radius 2 is 1.48 bits per heavy atom. The lowest BCUT2D eigenvalue weighted by atomic mass is 9.99. The number of nitrogens with one attached hydrogen (secondary N) is 1. The highest BCUT2D eigenvalue weighted by Crippen LogP contribution is 2.24. The number of halogens is 1. The summed E-state index contributed by atoms with van der Waals surface area (Å²) in [6.45, 7) is 0.866. The van der Waals surface area contributed by atoms with Crippen LogP contribution in [0.2, 0.25) is 0 Å². The van der Waals surface area contributed by atoms with Crippen molar-refractivity contribution in [3.63, 3.8) is 0 Å². The van der Waals surface area contributed by atoms with E-state index >= 15 is 0 Å². The number of hydrogen-bond donors (Lipinski definition) is 1. The van der Waals surface area contributed by atoms with Gasteiger partial charge >= 0.3 is 0 Å².